The van der Waals surface area contributed by atoms with Gasteiger partial charge in [0.05, 0.1) is 0 Å². The summed E-state index contributed by atoms with van der Waals surface area (Å²) in [7, 11) is -2.36. The smallest absolute Gasteiger partial charge is 0.204 e. The van der Waals surface area contributed by atoms with Crippen molar-refractivity contribution in [2.24, 2.45) is 10.4 Å². The van der Waals surface area contributed by atoms with Crippen LogP contribution >= 0.6 is 0 Å². The number of azide groups is 1. The minimum Gasteiger partial charge on any atom is -0.204 e. The molecule has 0 spiro atoms. The van der Waals surface area contributed by atoms with Crippen molar-refractivity contribution in [1.82, 2.24) is 4.31 Å². The number of rotatable bonds is 6. The molecule has 0 saturated heterocycles. The maximum Gasteiger partial charge on any atom is 0.302 e. The highest BCUT2D eigenvalue weighted by Gasteiger charge is 2.15. The van der Waals surface area contributed by atoms with E-state index in [0.717, 1.165) is 17.1 Å². The van der Waals surface area contributed by atoms with Crippen LogP contribution in [-0.2, 0) is 10.2 Å². The summed E-state index contributed by atoms with van der Waals surface area (Å²) >= 11 is 0. The van der Waals surface area contributed by atoms with Crippen LogP contribution in [0.1, 0.15) is 26.7 Å². The standard InChI is InChI=1S/C7H16N4O2S/c1-4-7(2)5-6-11(3)14(12,13)10-9-8/h7H,4-6H2,1-3H3. The zero-order valence-electron chi connectivity index (χ0n) is 8.71. The third-order valence-electron chi connectivity index (χ3n) is 2.17. The van der Waals surface area contributed by atoms with Crippen LogP contribution in [0.2, 0.25) is 0 Å². The first-order chi connectivity index (χ1) is 6.44. The van der Waals surface area contributed by atoms with Gasteiger partial charge in [-0.2, -0.15) is 4.31 Å². The second-order valence-corrected chi connectivity index (χ2v) is 4.95. The Hall–Kier alpha value is -0.780. The Bertz CT molecular complexity index is 308. The first-order valence-electron chi connectivity index (χ1n) is 4.46. The van der Waals surface area contributed by atoms with Gasteiger partial charge >= 0.3 is 10.2 Å². The lowest BCUT2D eigenvalue weighted by Gasteiger charge is -2.15. The van der Waals surface area contributed by atoms with Crippen LogP contribution in [0.15, 0.2) is 4.52 Å². The van der Waals surface area contributed by atoms with Crippen molar-refractivity contribution in [2.45, 2.75) is 26.7 Å². The van der Waals surface area contributed by atoms with Gasteiger partial charge in [0.15, 0.2) is 0 Å². The van der Waals surface area contributed by atoms with Gasteiger partial charge in [0.2, 0.25) is 0 Å². The van der Waals surface area contributed by atoms with Gasteiger partial charge in [-0.25, -0.2) is 8.42 Å². The predicted octanol–water partition coefficient (Wildman–Crippen LogP) is 1.91. The van der Waals surface area contributed by atoms with Gasteiger partial charge in [0.25, 0.3) is 0 Å². The van der Waals surface area contributed by atoms with E-state index in [1.807, 2.05) is 13.8 Å². The lowest BCUT2D eigenvalue weighted by molar-refractivity contribution is 0.410. The first-order valence-corrected chi connectivity index (χ1v) is 5.86. The molecule has 82 valence electrons. The molecular weight excluding hydrogens is 204 g/mol. The molecule has 0 bridgehead atoms. The summed E-state index contributed by atoms with van der Waals surface area (Å²) < 4.78 is 26.1. The molecule has 0 rings (SSSR count). The Morgan fingerprint density at radius 1 is 1.57 bits per heavy atom. The Kier molecular flexibility index (Phi) is 5.52. The second-order valence-electron chi connectivity index (χ2n) is 3.27. The fourth-order valence-corrected chi connectivity index (χ4v) is 1.38. The molecule has 0 heterocycles. The number of hydrogen-bond donors (Lipinski definition) is 0. The molecule has 0 aliphatic rings. The van der Waals surface area contributed by atoms with Crippen molar-refractivity contribution >= 4 is 10.2 Å². The third-order valence-corrected chi connectivity index (χ3v) is 3.42. The van der Waals surface area contributed by atoms with Crippen LogP contribution in [0.25, 0.3) is 10.4 Å². The molecule has 0 amide bonds. The molecule has 0 aromatic carbocycles. The van der Waals surface area contributed by atoms with E-state index in [1.165, 1.54) is 7.05 Å². The van der Waals surface area contributed by atoms with E-state index in [1.54, 1.807) is 0 Å². The van der Waals surface area contributed by atoms with Crippen molar-refractivity contribution < 1.29 is 8.42 Å². The summed E-state index contributed by atoms with van der Waals surface area (Å²) in [5.41, 5.74) is 8.03. The van der Waals surface area contributed by atoms with Crippen molar-refractivity contribution in [2.75, 3.05) is 13.6 Å². The summed E-state index contributed by atoms with van der Waals surface area (Å²) in [5.74, 6) is 0.471. The van der Waals surface area contributed by atoms with E-state index in [9.17, 15) is 8.42 Å². The minimum absolute atomic E-state index is 0.385. The molecule has 6 nitrogen and oxygen atoms in total. The molecule has 14 heavy (non-hydrogen) atoms. The summed E-state index contributed by atoms with van der Waals surface area (Å²) in [5, 5.41) is 0. The van der Waals surface area contributed by atoms with Crippen LogP contribution < -0.4 is 0 Å². The van der Waals surface area contributed by atoms with E-state index in [2.05, 4.69) is 9.43 Å². The number of nitrogens with zero attached hydrogens (tertiary/aromatic N) is 4. The topological polar surface area (TPSA) is 86.1 Å². The van der Waals surface area contributed by atoms with Gasteiger partial charge in [-0.05, 0) is 17.9 Å². The van der Waals surface area contributed by atoms with Crippen molar-refractivity contribution in [3.8, 4) is 0 Å². The molecule has 0 fully saturated rings. The van der Waals surface area contributed by atoms with Crippen molar-refractivity contribution in [1.29, 1.82) is 0 Å². The second kappa shape index (κ2) is 5.85. The van der Waals surface area contributed by atoms with Crippen LogP contribution in [0.3, 0.4) is 0 Å². The molecule has 0 aromatic rings. The Labute approximate surface area is 84.7 Å². The molecule has 0 aliphatic carbocycles. The molecule has 0 radical (unpaired) electrons. The third kappa shape index (κ3) is 4.45. The average Bonchev–Trinajstić information content (AvgIpc) is 2.13. The monoisotopic (exact) mass is 220 g/mol. The summed E-state index contributed by atoms with van der Waals surface area (Å²) in [4.78, 5) is 2.27. The molecule has 0 aromatic heterocycles. The Morgan fingerprint density at radius 3 is 2.57 bits per heavy atom. The minimum atomic E-state index is -3.77. The molecule has 0 aliphatic heterocycles. The fraction of sp³-hybridized carbons (Fsp3) is 1.00. The van der Waals surface area contributed by atoms with Gasteiger partial charge in [0, 0.05) is 23.0 Å². The van der Waals surface area contributed by atoms with E-state index in [4.69, 9.17) is 5.53 Å². The van der Waals surface area contributed by atoms with E-state index >= 15 is 0 Å². The van der Waals surface area contributed by atoms with Crippen LogP contribution in [-0.4, -0.2) is 26.3 Å². The molecule has 1 unspecified atom stereocenters. The zero-order chi connectivity index (χ0) is 11.2. The zero-order valence-corrected chi connectivity index (χ0v) is 9.53. The van der Waals surface area contributed by atoms with Gasteiger partial charge in [-0.1, -0.05) is 20.3 Å². The highest BCUT2D eigenvalue weighted by molar-refractivity contribution is 7.87. The van der Waals surface area contributed by atoms with Crippen LogP contribution in [0, 0.1) is 5.92 Å². The van der Waals surface area contributed by atoms with E-state index < -0.39 is 10.2 Å². The van der Waals surface area contributed by atoms with E-state index in [0.29, 0.717) is 12.5 Å². The van der Waals surface area contributed by atoms with Crippen molar-refractivity contribution in [3.05, 3.63) is 10.4 Å². The largest absolute Gasteiger partial charge is 0.302 e. The summed E-state index contributed by atoms with van der Waals surface area (Å²) in [6.45, 7) is 4.48. The average molecular weight is 220 g/mol. The van der Waals surface area contributed by atoms with Gasteiger partial charge < -0.3 is 0 Å². The first kappa shape index (κ1) is 13.2. The van der Waals surface area contributed by atoms with E-state index in [-0.39, 0.29) is 0 Å². The Morgan fingerprint density at radius 2 is 2.14 bits per heavy atom. The normalized spacial score (nSPS) is 13.7. The molecule has 0 N–H and O–H groups in total. The Balaban J connectivity index is 4.22. The van der Waals surface area contributed by atoms with Crippen LogP contribution in [0.4, 0.5) is 0 Å². The highest BCUT2D eigenvalue weighted by Crippen LogP contribution is 2.09. The SMILES string of the molecule is CCC(C)CCN(C)S(=O)(=O)N=[N+]=[N-]. The molecule has 7 heteroatoms. The number of hydrogen-bond acceptors (Lipinski definition) is 2. The van der Waals surface area contributed by atoms with Gasteiger partial charge in [-0.15, -0.1) is 0 Å². The molecule has 0 saturated carbocycles. The van der Waals surface area contributed by atoms with Crippen molar-refractivity contribution in [3.63, 3.8) is 0 Å². The quantitative estimate of drug-likeness (QED) is 0.389. The van der Waals surface area contributed by atoms with Gasteiger partial charge in [0.1, 0.15) is 0 Å². The molecule has 1 atom stereocenters. The lowest BCUT2D eigenvalue weighted by Crippen LogP contribution is -2.26. The van der Waals surface area contributed by atoms with Gasteiger partial charge in [-0.3, -0.25) is 0 Å². The fourth-order valence-electron chi connectivity index (χ4n) is 0.830. The maximum absolute atomic E-state index is 11.1. The summed E-state index contributed by atoms with van der Waals surface area (Å²) in [6.07, 6.45) is 1.78. The molecular formula is C7H16N4O2S. The lowest BCUT2D eigenvalue weighted by atomic mass is 10.1. The van der Waals surface area contributed by atoms with Crippen LogP contribution in [0.5, 0.6) is 0 Å². The maximum atomic E-state index is 11.1. The predicted molar refractivity (Wildman–Crippen MR) is 54.8 cm³/mol. The highest BCUT2D eigenvalue weighted by atomic mass is 32.2. The summed E-state index contributed by atoms with van der Waals surface area (Å²) in [6, 6.07) is 0.